The number of halogens is 4. The SMILES string of the molecule is Cc1c(C(=O)NCC(c2ccc(F)cc2)N2CCOCC2)cnn1-c1cccc(C(F)(F)F)c1. The Kier molecular flexibility index (Phi) is 6.99. The molecule has 1 aliphatic heterocycles. The fraction of sp³-hybridized carbons (Fsp3) is 0.333. The van der Waals surface area contributed by atoms with Crippen molar-refractivity contribution in [2.45, 2.75) is 19.1 Å². The van der Waals surface area contributed by atoms with Crippen LogP contribution in [0, 0.1) is 12.7 Å². The van der Waals surface area contributed by atoms with E-state index in [4.69, 9.17) is 4.74 Å². The van der Waals surface area contributed by atoms with Crippen LogP contribution in [0.4, 0.5) is 17.6 Å². The lowest BCUT2D eigenvalue weighted by molar-refractivity contribution is -0.137. The highest BCUT2D eigenvalue weighted by Crippen LogP contribution is 2.30. The van der Waals surface area contributed by atoms with Crippen molar-refractivity contribution in [3.05, 3.63) is 82.9 Å². The van der Waals surface area contributed by atoms with Crippen LogP contribution in [0.1, 0.15) is 33.2 Å². The van der Waals surface area contributed by atoms with Crippen molar-refractivity contribution < 1.29 is 27.1 Å². The van der Waals surface area contributed by atoms with Gasteiger partial charge in [0.1, 0.15) is 5.82 Å². The number of rotatable bonds is 6. The molecule has 0 bridgehead atoms. The van der Waals surface area contributed by atoms with E-state index >= 15 is 0 Å². The fourth-order valence-corrected chi connectivity index (χ4v) is 4.02. The van der Waals surface area contributed by atoms with Gasteiger partial charge in [0.25, 0.3) is 5.91 Å². The normalized spacial score (nSPS) is 15.8. The lowest BCUT2D eigenvalue weighted by Crippen LogP contribution is -2.43. The van der Waals surface area contributed by atoms with Crippen molar-refractivity contribution in [2.75, 3.05) is 32.8 Å². The highest BCUT2D eigenvalue weighted by atomic mass is 19.4. The maximum Gasteiger partial charge on any atom is 0.416 e. The Labute approximate surface area is 194 Å². The summed E-state index contributed by atoms with van der Waals surface area (Å²) in [6, 6.07) is 10.7. The van der Waals surface area contributed by atoms with Gasteiger partial charge in [-0.1, -0.05) is 18.2 Å². The number of hydrogen-bond acceptors (Lipinski definition) is 4. The molecule has 1 aliphatic rings. The summed E-state index contributed by atoms with van der Waals surface area (Å²) in [5.41, 5.74) is 0.959. The second-order valence-corrected chi connectivity index (χ2v) is 8.03. The zero-order valence-corrected chi connectivity index (χ0v) is 18.5. The van der Waals surface area contributed by atoms with Gasteiger partial charge in [-0.05, 0) is 42.8 Å². The lowest BCUT2D eigenvalue weighted by Gasteiger charge is -2.35. The van der Waals surface area contributed by atoms with E-state index in [9.17, 15) is 22.4 Å². The van der Waals surface area contributed by atoms with Crippen LogP contribution in [-0.2, 0) is 10.9 Å². The molecule has 0 saturated carbocycles. The first kappa shape index (κ1) is 23.9. The molecule has 1 fully saturated rings. The highest BCUT2D eigenvalue weighted by molar-refractivity contribution is 5.95. The van der Waals surface area contributed by atoms with Crippen LogP contribution < -0.4 is 5.32 Å². The zero-order chi connectivity index (χ0) is 24.3. The molecule has 0 spiro atoms. The van der Waals surface area contributed by atoms with E-state index in [0.717, 1.165) is 17.7 Å². The monoisotopic (exact) mass is 476 g/mol. The summed E-state index contributed by atoms with van der Waals surface area (Å²) in [5.74, 6) is -0.734. The topological polar surface area (TPSA) is 59.4 Å². The van der Waals surface area contributed by atoms with E-state index < -0.39 is 17.6 Å². The maximum absolute atomic E-state index is 13.4. The van der Waals surface area contributed by atoms with Crippen molar-refractivity contribution in [3.8, 4) is 5.69 Å². The molecule has 6 nitrogen and oxygen atoms in total. The summed E-state index contributed by atoms with van der Waals surface area (Å²) in [4.78, 5) is 15.1. The maximum atomic E-state index is 13.4. The Morgan fingerprint density at radius 1 is 1.15 bits per heavy atom. The van der Waals surface area contributed by atoms with Gasteiger partial charge in [-0.3, -0.25) is 9.69 Å². The third kappa shape index (κ3) is 5.28. The Morgan fingerprint density at radius 2 is 1.85 bits per heavy atom. The second kappa shape index (κ2) is 9.94. The lowest BCUT2D eigenvalue weighted by atomic mass is 10.0. The molecule has 10 heteroatoms. The molecule has 1 N–H and O–H groups in total. The third-order valence-corrected chi connectivity index (χ3v) is 5.87. The summed E-state index contributed by atoms with van der Waals surface area (Å²) < 4.78 is 59.4. The van der Waals surface area contributed by atoms with E-state index in [-0.39, 0.29) is 29.7 Å². The van der Waals surface area contributed by atoms with Gasteiger partial charge < -0.3 is 10.1 Å². The number of benzene rings is 2. The number of alkyl halides is 3. The molecular formula is C24H24F4N4O2. The molecule has 34 heavy (non-hydrogen) atoms. The molecule has 2 aromatic carbocycles. The predicted molar refractivity (Wildman–Crippen MR) is 117 cm³/mol. The number of hydrogen-bond donors (Lipinski definition) is 1. The molecule has 1 amide bonds. The average molecular weight is 476 g/mol. The van der Waals surface area contributed by atoms with Crippen molar-refractivity contribution in [2.24, 2.45) is 0 Å². The largest absolute Gasteiger partial charge is 0.416 e. The Balaban J connectivity index is 1.52. The Morgan fingerprint density at radius 3 is 2.53 bits per heavy atom. The number of carbonyl (C=O) groups excluding carboxylic acids is 1. The van der Waals surface area contributed by atoms with E-state index in [1.54, 1.807) is 19.1 Å². The van der Waals surface area contributed by atoms with Crippen molar-refractivity contribution in [1.29, 1.82) is 0 Å². The van der Waals surface area contributed by atoms with Gasteiger partial charge in [0.15, 0.2) is 0 Å². The third-order valence-electron chi connectivity index (χ3n) is 5.87. The number of aromatic nitrogens is 2. The van der Waals surface area contributed by atoms with Crippen LogP contribution in [0.5, 0.6) is 0 Å². The van der Waals surface area contributed by atoms with E-state index in [1.165, 1.54) is 35.1 Å². The van der Waals surface area contributed by atoms with Crippen molar-refractivity contribution >= 4 is 5.91 Å². The van der Waals surface area contributed by atoms with E-state index in [0.29, 0.717) is 32.0 Å². The standard InChI is InChI=1S/C24H24F4N4O2/c1-16-21(14-30-32(16)20-4-2-3-18(13-20)24(26,27)28)23(33)29-15-22(31-9-11-34-12-10-31)17-5-7-19(25)8-6-17/h2-8,13-14,22H,9-12,15H2,1H3,(H,29,33). The number of carbonyl (C=O) groups is 1. The molecule has 3 aromatic rings. The van der Waals surface area contributed by atoms with Gasteiger partial charge in [-0.15, -0.1) is 0 Å². The quantitative estimate of drug-likeness (QED) is 0.544. The highest BCUT2D eigenvalue weighted by Gasteiger charge is 2.31. The molecule has 0 radical (unpaired) electrons. The first-order valence-corrected chi connectivity index (χ1v) is 10.8. The number of nitrogens with zero attached hydrogens (tertiary/aromatic N) is 3. The van der Waals surface area contributed by atoms with Gasteiger partial charge in [0.2, 0.25) is 0 Å². The van der Waals surface area contributed by atoms with Crippen LogP contribution in [-0.4, -0.2) is 53.4 Å². The number of amides is 1. The average Bonchev–Trinajstić information content (AvgIpc) is 3.22. The van der Waals surface area contributed by atoms with Gasteiger partial charge in [-0.25, -0.2) is 9.07 Å². The summed E-state index contributed by atoms with van der Waals surface area (Å²) in [7, 11) is 0. The molecule has 2 heterocycles. The number of ether oxygens (including phenoxy) is 1. The fourth-order valence-electron chi connectivity index (χ4n) is 4.02. The molecule has 1 saturated heterocycles. The molecule has 1 aromatic heterocycles. The molecule has 4 rings (SSSR count). The number of morpholine rings is 1. The minimum absolute atomic E-state index is 0.188. The minimum atomic E-state index is -4.48. The van der Waals surface area contributed by atoms with Gasteiger partial charge in [0.05, 0.1) is 48.0 Å². The zero-order valence-electron chi connectivity index (χ0n) is 18.5. The summed E-state index contributed by atoms with van der Waals surface area (Å²) in [5, 5.41) is 7.04. The Bertz CT molecular complexity index is 1140. The van der Waals surface area contributed by atoms with Crippen LogP contribution >= 0.6 is 0 Å². The first-order valence-electron chi connectivity index (χ1n) is 10.8. The molecule has 1 atom stereocenters. The van der Waals surface area contributed by atoms with Crippen LogP contribution in [0.15, 0.2) is 54.7 Å². The van der Waals surface area contributed by atoms with Crippen LogP contribution in [0.2, 0.25) is 0 Å². The van der Waals surface area contributed by atoms with Crippen molar-refractivity contribution in [3.63, 3.8) is 0 Å². The molecule has 180 valence electrons. The summed E-state index contributed by atoms with van der Waals surface area (Å²) >= 11 is 0. The van der Waals surface area contributed by atoms with Gasteiger partial charge in [-0.2, -0.15) is 18.3 Å². The summed E-state index contributed by atoms with van der Waals surface area (Å²) in [6.45, 7) is 4.36. The smallest absolute Gasteiger partial charge is 0.379 e. The van der Waals surface area contributed by atoms with Crippen LogP contribution in [0.25, 0.3) is 5.69 Å². The van der Waals surface area contributed by atoms with Gasteiger partial charge in [0, 0.05) is 19.6 Å². The first-order chi connectivity index (χ1) is 16.2. The molecule has 1 unspecified atom stereocenters. The Hall–Kier alpha value is -3.24. The summed E-state index contributed by atoms with van der Waals surface area (Å²) in [6.07, 6.45) is -3.14. The van der Waals surface area contributed by atoms with Gasteiger partial charge >= 0.3 is 6.18 Å². The van der Waals surface area contributed by atoms with E-state index in [2.05, 4.69) is 15.3 Å². The second-order valence-electron chi connectivity index (χ2n) is 8.03. The van der Waals surface area contributed by atoms with E-state index in [1.807, 2.05) is 0 Å². The van der Waals surface area contributed by atoms with Crippen molar-refractivity contribution in [1.82, 2.24) is 20.0 Å². The predicted octanol–water partition coefficient (Wildman–Crippen LogP) is 4.14. The number of nitrogens with one attached hydrogen (secondary N) is 1. The molecule has 0 aliphatic carbocycles. The minimum Gasteiger partial charge on any atom is -0.379 e. The molecular weight excluding hydrogens is 452 g/mol. The van der Waals surface area contributed by atoms with Crippen LogP contribution in [0.3, 0.4) is 0 Å².